The molecule has 0 bridgehead atoms. The van der Waals surface area contributed by atoms with Crippen LogP contribution in [0, 0.1) is 11.3 Å². The molecular formula is C21H35ClIN3O2. The molecule has 1 saturated heterocycles. The van der Waals surface area contributed by atoms with Crippen LogP contribution in [0.15, 0.2) is 29.3 Å². The maximum absolute atomic E-state index is 6.09. The summed E-state index contributed by atoms with van der Waals surface area (Å²) < 4.78 is 11.1. The summed E-state index contributed by atoms with van der Waals surface area (Å²) in [5.41, 5.74) is 1.34. The molecule has 1 aliphatic rings. The second-order valence-corrected chi connectivity index (χ2v) is 8.42. The summed E-state index contributed by atoms with van der Waals surface area (Å²) in [4.78, 5) is 4.31. The van der Waals surface area contributed by atoms with Crippen LogP contribution in [-0.4, -0.2) is 52.5 Å². The first kappa shape index (κ1) is 25.5. The Morgan fingerprint density at radius 3 is 2.86 bits per heavy atom. The molecule has 1 aliphatic heterocycles. The second kappa shape index (κ2) is 13.6. The lowest BCUT2D eigenvalue weighted by atomic mass is 9.86. The lowest BCUT2D eigenvalue weighted by Crippen LogP contribution is -2.43. The van der Waals surface area contributed by atoms with E-state index in [-0.39, 0.29) is 29.4 Å². The normalized spacial score (nSPS) is 17.3. The largest absolute Gasteiger partial charge is 0.381 e. The molecular weight excluding hydrogens is 489 g/mol. The van der Waals surface area contributed by atoms with Gasteiger partial charge in [0, 0.05) is 44.3 Å². The zero-order valence-corrected chi connectivity index (χ0v) is 20.4. The zero-order chi connectivity index (χ0) is 19.5. The highest BCUT2D eigenvalue weighted by Gasteiger charge is 2.19. The van der Waals surface area contributed by atoms with Crippen molar-refractivity contribution in [2.24, 2.45) is 16.3 Å². The van der Waals surface area contributed by atoms with Gasteiger partial charge in [-0.2, -0.15) is 0 Å². The van der Waals surface area contributed by atoms with E-state index in [4.69, 9.17) is 21.1 Å². The molecule has 1 fully saturated rings. The number of aliphatic imine (C=N–C) groups is 1. The van der Waals surface area contributed by atoms with Crippen molar-refractivity contribution in [1.82, 2.24) is 10.6 Å². The van der Waals surface area contributed by atoms with Crippen LogP contribution in [0.4, 0.5) is 0 Å². The van der Waals surface area contributed by atoms with E-state index in [1.807, 2.05) is 18.2 Å². The van der Waals surface area contributed by atoms with Gasteiger partial charge in [0.2, 0.25) is 0 Å². The summed E-state index contributed by atoms with van der Waals surface area (Å²) >= 11 is 6.09. The quantitative estimate of drug-likeness (QED) is 0.210. The third-order valence-corrected chi connectivity index (χ3v) is 4.90. The average Bonchev–Trinajstić information content (AvgIpc) is 3.13. The van der Waals surface area contributed by atoms with Gasteiger partial charge < -0.3 is 20.1 Å². The van der Waals surface area contributed by atoms with Crippen molar-refractivity contribution in [3.8, 4) is 0 Å². The molecule has 1 aromatic rings. The van der Waals surface area contributed by atoms with Crippen molar-refractivity contribution in [2.45, 2.75) is 33.1 Å². The molecule has 0 saturated carbocycles. The molecule has 1 aromatic carbocycles. The predicted molar refractivity (Wildman–Crippen MR) is 128 cm³/mol. The van der Waals surface area contributed by atoms with E-state index >= 15 is 0 Å². The molecule has 0 amide bonds. The molecule has 2 rings (SSSR count). The summed E-state index contributed by atoms with van der Waals surface area (Å²) in [5, 5.41) is 7.57. The van der Waals surface area contributed by atoms with Crippen molar-refractivity contribution in [1.29, 1.82) is 0 Å². The first-order chi connectivity index (χ1) is 13.0. The summed E-state index contributed by atoms with van der Waals surface area (Å²) in [6.07, 6.45) is 3.04. The van der Waals surface area contributed by atoms with Gasteiger partial charge in [-0.1, -0.05) is 37.6 Å². The Hall–Kier alpha value is -0.570. The van der Waals surface area contributed by atoms with Gasteiger partial charge in [0.25, 0.3) is 0 Å². The zero-order valence-electron chi connectivity index (χ0n) is 17.3. The highest BCUT2D eigenvalue weighted by Crippen LogP contribution is 2.22. The van der Waals surface area contributed by atoms with Crippen LogP contribution in [0.5, 0.6) is 0 Å². The monoisotopic (exact) mass is 523 g/mol. The first-order valence-corrected chi connectivity index (χ1v) is 10.2. The molecule has 5 nitrogen and oxygen atoms in total. The Morgan fingerprint density at radius 1 is 1.36 bits per heavy atom. The number of rotatable bonds is 10. The molecule has 28 heavy (non-hydrogen) atoms. The average molecular weight is 524 g/mol. The number of benzene rings is 1. The molecule has 0 aromatic heterocycles. The molecule has 1 atom stereocenters. The SMILES string of the molecule is CN=C(NCCCOCC1CCOC1)NCC(C)(C)Cc1cccc(Cl)c1.I. The molecule has 0 spiro atoms. The van der Waals surface area contributed by atoms with Crippen molar-refractivity contribution >= 4 is 41.5 Å². The van der Waals surface area contributed by atoms with E-state index in [1.54, 1.807) is 7.05 Å². The van der Waals surface area contributed by atoms with Crippen molar-refractivity contribution in [3.63, 3.8) is 0 Å². The number of hydrogen-bond acceptors (Lipinski definition) is 3. The Morgan fingerprint density at radius 2 is 2.18 bits per heavy atom. The fourth-order valence-electron chi connectivity index (χ4n) is 3.15. The van der Waals surface area contributed by atoms with Gasteiger partial charge in [-0.05, 0) is 42.4 Å². The number of nitrogens with one attached hydrogen (secondary N) is 2. The van der Waals surface area contributed by atoms with Crippen LogP contribution < -0.4 is 10.6 Å². The fraction of sp³-hybridized carbons (Fsp3) is 0.667. The molecule has 0 aliphatic carbocycles. The summed E-state index contributed by atoms with van der Waals surface area (Å²) in [6, 6.07) is 8.07. The lowest BCUT2D eigenvalue weighted by Gasteiger charge is -2.26. The van der Waals surface area contributed by atoms with E-state index in [9.17, 15) is 0 Å². The van der Waals surface area contributed by atoms with Crippen LogP contribution in [0.25, 0.3) is 0 Å². The molecule has 7 heteroatoms. The number of hydrogen-bond donors (Lipinski definition) is 2. The highest BCUT2D eigenvalue weighted by atomic mass is 127. The molecule has 160 valence electrons. The minimum atomic E-state index is 0. The van der Waals surface area contributed by atoms with Gasteiger partial charge in [-0.15, -0.1) is 24.0 Å². The molecule has 2 N–H and O–H groups in total. The lowest BCUT2D eigenvalue weighted by molar-refractivity contribution is 0.0888. The van der Waals surface area contributed by atoms with Gasteiger partial charge in [-0.25, -0.2) is 0 Å². The second-order valence-electron chi connectivity index (χ2n) is 7.98. The maximum Gasteiger partial charge on any atom is 0.190 e. The van der Waals surface area contributed by atoms with Crippen molar-refractivity contribution in [2.75, 3.05) is 46.6 Å². The minimum absolute atomic E-state index is 0. The third-order valence-electron chi connectivity index (χ3n) is 4.67. The van der Waals surface area contributed by atoms with E-state index in [2.05, 4.69) is 35.5 Å². The van der Waals surface area contributed by atoms with Gasteiger partial charge in [0.15, 0.2) is 5.96 Å². The fourth-order valence-corrected chi connectivity index (χ4v) is 3.36. The molecule has 0 radical (unpaired) electrons. The summed E-state index contributed by atoms with van der Waals surface area (Å²) in [5.74, 6) is 1.41. The van der Waals surface area contributed by atoms with Gasteiger partial charge in [-0.3, -0.25) is 4.99 Å². The summed E-state index contributed by atoms with van der Waals surface area (Å²) in [6.45, 7) is 9.47. The van der Waals surface area contributed by atoms with Crippen molar-refractivity contribution < 1.29 is 9.47 Å². The first-order valence-electron chi connectivity index (χ1n) is 9.83. The molecule has 1 unspecified atom stereocenters. The standard InChI is InChI=1S/C21H34ClN3O2.HI/c1-21(2,13-17-6-4-7-19(22)12-17)16-25-20(23-3)24-9-5-10-26-14-18-8-11-27-15-18;/h4,6-7,12,18H,5,8-11,13-16H2,1-3H3,(H2,23,24,25);1H. The third kappa shape index (κ3) is 10.3. The maximum atomic E-state index is 6.09. The van der Waals surface area contributed by atoms with Gasteiger partial charge in [0.1, 0.15) is 0 Å². The van der Waals surface area contributed by atoms with Crippen LogP contribution >= 0.6 is 35.6 Å². The number of guanidine groups is 1. The van der Waals surface area contributed by atoms with E-state index in [0.29, 0.717) is 5.92 Å². The summed E-state index contributed by atoms with van der Waals surface area (Å²) in [7, 11) is 1.80. The minimum Gasteiger partial charge on any atom is -0.381 e. The Balaban J connectivity index is 0.00000392. The van der Waals surface area contributed by atoms with Crippen LogP contribution in [0.3, 0.4) is 0 Å². The van der Waals surface area contributed by atoms with E-state index in [1.165, 1.54) is 5.56 Å². The van der Waals surface area contributed by atoms with Gasteiger partial charge in [0.05, 0.1) is 13.2 Å². The predicted octanol–water partition coefficient (Wildman–Crippen LogP) is 4.13. The van der Waals surface area contributed by atoms with Crippen LogP contribution in [-0.2, 0) is 15.9 Å². The van der Waals surface area contributed by atoms with Crippen LogP contribution in [0.1, 0.15) is 32.3 Å². The van der Waals surface area contributed by atoms with Gasteiger partial charge >= 0.3 is 0 Å². The van der Waals surface area contributed by atoms with E-state index in [0.717, 1.165) is 69.8 Å². The Bertz CT molecular complexity index is 593. The number of halogens is 2. The van der Waals surface area contributed by atoms with Crippen molar-refractivity contribution in [3.05, 3.63) is 34.9 Å². The highest BCUT2D eigenvalue weighted by molar-refractivity contribution is 14.0. The number of ether oxygens (including phenoxy) is 2. The Kier molecular flexibility index (Phi) is 12.4. The van der Waals surface area contributed by atoms with Crippen LogP contribution in [0.2, 0.25) is 5.02 Å². The molecule has 1 heterocycles. The number of nitrogens with zero attached hydrogens (tertiary/aromatic N) is 1. The van der Waals surface area contributed by atoms with E-state index < -0.39 is 0 Å². The smallest absolute Gasteiger partial charge is 0.190 e. The topological polar surface area (TPSA) is 54.9 Å². The Labute approximate surface area is 192 Å².